The van der Waals surface area contributed by atoms with Crippen LogP contribution < -0.4 is 5.73 Å². The number of ether oxygens (including phenoxy) is 1. The minimum Gasteiger partial charge on any atom is -0.496 e. The predicted molar refractivity (Wildman–Crippen MR) is 37.4 cm³/mol. The van der Waals surface area contributed by atoms with Crippen LogP contribution in [0, 0.1) is 0 Å². The van der Waals surface area contributed by atoms with Gasteiger partial charge in [0.05, 0.1) is 6.54 Å². The molecule has 0 atom stereocenters. The van der Waals surface area contributed by atoms with Crippen LogP contribution in [0.5, 0.6) is 0 Å². The number of carbonyl (C=O) groups excluding carboxylic acids is 2. The average molecular weight is 179 g/mol. The molecular formula is C4H10AlNO5. The molecule has 0 unspecified atom stereocenters. The first-order valence-electron chi connectivity index (χ1n) is 2.71. The van der Waals surface area contributed by atoms with Gasteiger partial charge in [-0.2, -0.15) is 0 Å². The van der Waals surface area contributed by atoms with E-state index in [-0.39, 0.29) is 6.54 Å². The van der Waals surface area contributed by atoms with Crippen molar-refractivity contribution >= 4 is 27.8 Å². The van der Waals surface area contributed by atoms with E-state index >= 15 is 0 Å². The SMILES string of the molecule is CC(=O)OC(=O)CN.[OH][AlH][OH]. The molecule has 0 aromatic heterocycles. The van der Waals surface area contributed by atoms with Crippen molar-refractivity contribution in [2.75, 3.05) is 6.54 Å². The third-order valence-electron chi connectivity index (χ3n) is 0.424. The average Bonchev–Trinajstić information content (AvgIpc) is 1.88. The molecule has 0 saturated carbocycles. The third-order valence-corrected chi connectivity index (χ3v) is 0.424. The number of hydrogen-bond donors (Lipinski definition) is 3. The highest BCUT2D eigenvalue weighted by Gasteiger charge is 1.99. The molecule has 0 bridgehead atoms. The van der Waals surface area contributed by atoms with E-state index in [1.807, 2.05) is 0 Å². The Hall–Kier alpha value is -0.448. The molecular weight excluding hydrogens is 169 g/mol. The van der Waals surface area contributed by atoms with E-state index in [1.165, 1.54) is 0 Å². The van der Waals surface area contributed by atoms with E-state index in [1.54, 1.807) is 0 Å². The fraction of sp³-hybridized carbons (Fsp3) is 0.500. The number of nitrogens with two attached hydrogens (primary N) is 1. The second-order valence-electron chi connectivity index (χ2n) is 1.31. The van der Waals surface area contributed by atoms with Gasteiger partial charge >= 0.3 is 27.8 Å². The zero-order valence-electron chi connectivity index (χ0n) is 6.11. The van der Waals surface area contributed by atoms with Gasteiger partial charge in [0.15, 0.2) is 0 Å². The van der Waals surface area contributed by atoms with Crippen LogP contribution in [0.3, 0.4) is 0 Å². The van der Waals surface area contributed by atoms with Crippen molar-refractivity contribution in [2.45, 2.75) is 6.92 Å². The maximum atomic E-state index is 10.1. The molecule has 0 aliphatic carbocycles. The molecule has 0 aliphatic rings. The number of carbonyl (C=O) groups is 2. The summed E-state index contributed by atoms with van der Waals surface area (Å²) in [4.78, 5) is 20.0. The second-order valence-corrected chi connectivity index (χ2v) is 1.59. The lowest BCUT2D eigenvalue weighted by atomic mass is 10.7. The van der Waals surface area contributed by atoms with Gasteiger partial charge in [-0.05, 0) is 0 Å². The van der Waals surface area contributed by atoms with E-state index in [2.05, 4.69) is 4.74 Å². The minimum absolute atomic E-state index is 0.250. The van der Waals surface area contributed by atoms with Crippen molar-refractivity contribution in [1.82, 2.24) is 0 Å². The maximum absolute atomic E-state index is 10.1. The molecule has 0 saturated heterocycles. The zero-order valence-corrected chi connectivity index (χ0v) is 7.52. The highest BCUT2D eigenvalue weighted by Crippen LogP contribution is 1.74. The highest BCUT2D eigenvalue weighted by atomic mass is 27.2. The van der Waals surface area contributed by atoms with Gasteiger partial charge in [0, 0.05) is 6.92 Å². The van der Waals surface area contributed by atoms with Gasteiger partial charge in [-0.15, -0.1) is 0 Å². The first-order valence-corrected chi connectivity index (χ1v) is 3.98. The van der Waals surface area contributed by atoms with E-state index in [0.29, 0.717) is 0 Å². The Kier molecular flexibility index (Phi) is 11.4. The van der Waals surface area contributed by atoms with Crippen molar-refractivity contribution in [3.63, 3.8) is 0 Å². The summed E-state index contributed by atoms with van der Waals surface area (Å²) in [6, 6.07) is 0. The number of esters is 2. The van der Waals surface area contributed by atoms with Crippen LogP contribution in [0.2, 0.25) is 0 Å². The van der Waals surface area contributed by atoms with Crippen LogP contribution in [0.15, 0.2) is 0 Å². The summed E-state index contributed by atoms with van der Waals surface area (Å²) in [5, 5.41) is 0. The predicted octanol–water partition coefficient (Wildman–Crippen LogP) is -2.73. The van der Waals surface area contributed by atoms with Crippen LogP contribution in [-0.4, -0.2) is 42.7 Å². The largest absolute Gasteiger partial charge is 0.644 e. The van der Waals surface area contributed by atoms with Gasteiger partial charge in [-0.3, -0.25) is 9.59 Å². The Morgan fingerprint density at radius 1 is 1.55 bits per heavy atom. The lowest BCUT2D eigenvalue weighted by Crippen LogP contribution is -2.18. The first kappa shape index (κ1) is 13.2. The van der Waals surface area contributed by atoms with Crippen molar-refractivity contribution in [3.05, 3.63) is 0 Å². The van der Waals surface area contributed by atoms with Gasteiger partial charge < -0.3 is 18.8 Å². The summed E-state index contributed by atoms with van der Waals surface area (Å²) in [5.74, 6) is -1.32. The molecule has 0 fully saturated rings. The molecule has 6 nitrogen and oxygen atoms in total. The molecule has 0 spiro atoms. The topological polar surface area (TPSA) is 110 Å². The second kappa shape index (κ2) is 9.55. The van der Waals surface area contributed by atoms with Gasteiger partial charge in [0.25, 0.3) is 0 Å². The Bertz CT molecular complexity index is 128. The summed E-state index contributed by atoms with van der Waals surface area (Å²) >= 11 is -1.58. The summed E-state index contributed by atoms with van der Waals surface area (Å²) < 4.78 is 18.5. The van der Waals surface area contributed by atoms with Crippen LogP contribution in [0.4, 0.5) is 0 Å². The Morgan fingerprint density at radius 2 is 1.91 bits per heavy atom. The molecule has 0 aromatic carbocycles. The van der Waals surface area contributed by atoms with Crippen molar-refractivity contribution < 1.29 is 22.6 Å². The van der Waals surface area contributed by atoms with Crippen molar-refractivity contribution in [1.29, 1.82) is 0 Å². The van der Waals surface area contributed by atoms with E-state index < -0.39 is 27.8 Å². The van der Waals surface area contributed by atoms with Crippen LogP contribution in [0.1, 0.15) is 6.92 Å². The Balaban J connectivity index is 0. The highest BCUT2D eigenvalue weighted by molar-refractivity contribution is 6.13. The molecule has 0 aliphatic heterocycles. The van der Waals surface area contributed by atoms with E-state index in [4.69, 9.17) is 14.1 Å². The first-order chi connectivity index (χ1) is 5.08. The Morgan fingerprint density at radius 3 is 2.00 bits per heavy atom. The zero-order chi connectivity index (χ0) is 9.28. The van der Waals surface area contributed by atoms with Gasteiger partial charge in [-0.1, -0.05) is 0 Å². The molecule has 0 aromatic rings. The van der Waals surface area contributed by atoms with Gasteiger partial charge in [0.1, 0.15) is 0 Å². The van der Waals surface area contributed by atoms with Crippen LogP contribution in [0.25, 0.3) is 0 Å². The third kappa shape index (κ3) is 17.7. The molecule has 0 heterocycles. The molecule has 64 valence electrons. The quantitative estimate of drug-likeness (QED) is 0.229. The molecule has 7 heteroatoms. The monoisotopic (exact) mass is 179 g/mol. The minimum atomic E-state index is -1.58. The van der Waals surface area contributed by atoms with Gasteiger partial charge in [0.2, 0.25) is 0 Å². The number of hydrogen-bond acceptors (Lipinski definition) is 6. The normalized spacial score (nSPS) is 7.27. The summed E-state index contributed by atoms with van der Waals surface area (Å²) in [6.07, 6.45) is 0. The maximum Gasteiger partial charge on any atom is 0.644 e. The van der Waals surface area contributed by atoms with E-state index in [0.717, 1.165) is 6.92 Å². The summed E-state index contributed by atoms with van der Waals surface area (Å²) in [7, 11) is 0. The molecule has 0 amide bonds. The summed E-state index contributed by atoms with van der Waals surface area (Å²) in [6.45, 7) is 0.896. The van der Waals surface area contributed by atoms with Crippen LogP contribution in [-0.2, 0) is 14.3 Å². The fourth-order valence-electron chi connectivity index (χ4n) is 0.202. The molecule has 11 heavy (non-hydrogen) atoms. The molecule has 0 rings (SSSR count). The number of rotatable bonds is 1. The van der Waals surface area contributed by atoms with Crippen molar-refractivity contribution in [3.8, 4) is 0 Å². The summed E-state index contributed by atoms with van der Waals surface area (Å²) in [5.41, 5.74) is 4.79. The van der Waals surface area contributed by atoms with Crippen molar-refractivity contribution in [2.24, 2.45) is 5.73 Å². The standard InChI is InChI=1S/C4H7NO3.Al.2H2O.H/c1-3(6)8-4(7)2-5;;;;/h2,5H2,1H3;;2*1H2;/q;+2;;;/p-2. The lowest BCUT2D eigenvalue weighted by molar-refractivity contribution is -0.156. The smallest absolute Gasteiger partial charge is 0.496 e. The van der Waals surface area contributed by atoms with Gasteiger partial charge in [-0.25, -0.2) is 0 Å². The molecule has 0 radical (unpaired) electrons. The molecule has 4 N–H and O–H groups in total. The fourth-order valence-corrected chi connectivity index (χ4v) is 0.202. The Labute approximate surface area is 70.3 Å². The van der Waals surface area contributed by atoms with Crippen LogP contribution >= 0.6 is 0 Å². The lowest BCUT2D eigenvalue weighted by Gasteiger charge is -1.92. The van der Waals surface area contributed by atoms with E-state index in [9.17, 15) is 9.59 Å².